The number of hydrogen-bond donors (Lipinski definition) is 2. The van der Waals surface area contributed by atoms with Crippen LogP contribution >= 0.6 is 0 Å². The Morgan fingerprint density at radius 2 is 1.92 bits per heavy atom. The number of nitrogens with one attached hydrogen (secondary N) is 1. The van der Waals surface area contributed by atoms with E-state index in [1.54, 1.807) is 25.4 Å². The van der Waals surface area contributed by atoms with Crippen molar-refractivity contribution in [1.82, 2.24) is 10.3 Å². The summed E-state index contributed by atoms with van der Waals surface area (Å²) in [6.45, 7) is 4.07. The number of aliphatic imine (C=N–C) groups is 1. The van der Waals surface area contributed by atoms with Gasteiger partial charge in [-0.15, -0.1) is 0 Å². The van der Waals surface area contributed by atoms with Crippen molar-refractivity contribution < 1.29 is 14.3 Å². The van der Waals surface area contributed by atoms with Crippen LogP contribution in [0.5, 0.6) is 17.5 Å². The highest BCUT2D eigenvalue weighted by atomic mass is 16.5. The highest BCUT2D eigenvalue weighted by molar-refractivity contribution is 6.11. The van der Waals surface area contributed by atoms with Gasteiger partial charge in [0.2, 0.25) is 17.7 Å². The number of anilines is 1. The average Bonchev–Trinajstić information content (AvgIpc) is 3.76. The third kappa shape index (κ3) is 5.09. The first-order chi connectivity index (χ1) is 17.6. The van der Waals surface area contributed by atoms with Crippen LogP contribution in [0.2, 0.25) is 0 Å². The van der Waals surface area contributed by atoms with Gasteiger partial charge in [-0.3, -0.25) is 9.79 Å². The fraction of sp³-hybridized carbons (Fsp3) is 0.464. The zero-order valence-electron chi connectivity index (χ0n) is 21.1. The SMILES string of the molecule is COc1cccc(Oc2c(C(C=NC3CCNCC3)=CN)ccc3c2CC[C@H](C)N3C(=O)C2CC2)n1. The van der Waals surface area contributed by atoms with E-state index in [0.29, 0.717) is 17.5 Å². The number of fused-ring (bicyclic) bond motifs is 1. The second kappa shape index (κ2) is 10.7. The number of nitrogens with zero attached hydrogens (tertiary/aromatic N) is 3. The third-order valence-electron chi connectivity index (χ3n) is 7.25. The van der Waals surface area contributed by atoms with E-state index in [4.69, 9.17) is 20.2 Å². The van der Waals surface area contributed by atoms with Gasteiger partial charge in [-0.25, -0.2) is 0 Å². The number of benzene rings is 1. The number of piperidine rings is 1. The molecular formula is C28H35N5O3. The summed E-state index contributed by atoms with van der Waals surface area (Å²) in [6.07, 6.45) is 9.05. The van der Waals surface area contributed by atoms with Crippen LogP contribution in [0.3, 0.4) is 0 Å². The second-order valence-electron chi connectivity index (χ2n) is 9.81. The molecule has 3 aliphatic rings. The molecule has 1 amide bonds. The van der Waals surface area contributed by atoms with Gasteiger partial charge in [-0.05, 0) is 70.7 Å². The summed E-state index contributed by atoms with van der Waals surface area (Å²) in [7, 11) is 1.58. The predicted octanol–water partition coefficient (Wildman–Crippen LogP) is 4.08. The molecule has 2 fully saturated rings. The van der Waals surface area contributed by atoms with Crippen molar-refractivity contribution in [3.05, 3.63) is 47.7 Å². The van der Waals surface area contributed by atoms with Gasteiger partial charge >= 0.3 is 0 Å². The lowest BCUT2D eigenvalue weighted by Gasteiger charge is -2.36. The largest absolute Gasteiger partial charge is 0.481 e. The number of allylic oxidation sites excluding steroid dienone is 1. The summed E-state index contributed by atoms with van der Waals surface area (Å²) in [6, 6.07) is 9.88. The van der Waals surface area contributed by atoms with E-state index in [9.17, 15) is 4.79 Å². The van der Waals surface area contributed by atoms with Crippen LogP contribution in [0.15, 0.2) is 41.5 Å². The Bertz CT molecular complexity index is 1170. The molecule has 3 N–H and O–H groups in total. The van der Waals surface area contributed by atoms with Crippen molar-refractivity contribution in [1.29, 1.82) is 0 Å². The molecule has 0 unspecified atom stereocenters. The average molecular weight is 490 g/mol. The van der Waals surface area contributed by atoms with Gasteiger partial charge < -0.3 is 25.4 Å². The van der Waals surface area contributed by atoms with Gasteiger partial charge in [-0.1, -0.05) is 6.07 Å². The van der Waals surface area contributed by atoms with E-state index < -0.39 is 0 Å². The third-order valence-corrected chi connectivity index (χ3v) is 7.25. The number of aromatic nitrogens is 1. The maximum atomic E-state index is 13.2. The minimum absolute atomic E-state index is 0.138. The van der Waals surface area contributed by atoms with Crippen molar-refractivity contribution in [3.63, 3.8) is 0 Å². The number of carbonyl (C=O) groups excluding carboxylic acids is 1. The smallest absolute Gasteiger partial charge is 0.230 e. The molecule has 3 heterocycles. The van der Waals surface area contributed by atoms with Crippen molar-refractivity contribution in [2.75, 3.05) is 25.1 Å². The Hall–Kier alpha value is -3.39. The quantitative estimate of drug-likeness (QED) is 0.568. The van der Waals surface area contributed by atoms with Gasteiger partial charge in [0.15, 0.2) is 0 Å². The summed E-state index contributed by atoms with van der Waals surface area (Å²) in [5.74, 6) is 1.92. The number of hydrogen-bond acceptors (Lipinski definition) is 7. The van der Waals surface area contributed by atoms with Crippen LogP contribution in [0.4, 0.5) is 5.69 Å². The van der Waals surface area contributed by atoms with Crippen LogP contribution in [0.1, 0.15) is 50.2 Å². The lowest BCUT2D eigenvalue weighted by atomic mass is 9.91. The van der Waals surface area contributed by atoms with E-state index in [1.165, 1.54) is 0 Å². The van der Waals surface area contributed by atoms with E-state index in [2.05, 4.69) is 17.2 Å². The fourth-order valence-corrected chi connectivity index (χ4v) is 5.03. The number of nitrogens with two attached hydrogens (primary N) is 1. The molecule has 1 aromatic heterocycles. The molecule has 1 atom stereocenters. The van der Waals surface area contributed by atoms with Crippen LogP contribution in [0.25, 0.3) is 5.57 Å². The molecule has 1 saturated carbocycles. The molecule has 1 aliphatic carbocycles. The van der Waals surface area contributed by atoms with Crippen molar-refractivity contribution >= 4 is 23.4 Å². The van der Waals surface area contributed by atoms with Gasteiger partial charge in [0.1, 0.15) is 5.75 Å². The first-order valence-corrected chi connectivity index (χ1v) is 12.9. The summed E-state index contributed by atoms with van der Waals surface area (Å²) < 4.78 is 11.8. The number of methoxy groups -OCH3 is 1. The Balaban J connectivity index is 1.57. The first kappa shape index (κ1) is 24.3. The summed E-state index contributed by atoms with van der Waals surface area (Å²) in [4.78, 5) is 24.5. The minimum Gasteiger partial charge on any atom is -0.481 e. The molecule has 2 aromatic rings. The van der Waals surface area contributed by atoms with Crippen molar-refractivity contribution in [2.24, 2.45) is 16.6 Å². The molecule has 190 valence electrons. The Kier molecular flexibility index (Phi) is 7.23. The highest BCUT2D eigenvalue weighted by Gasteiger charge is 2.39. The number of carbonyl (C=O) groups is 1. The lowest BCUT2D eigenvalue weighted by molar-refractivity contribution is -0.120. The predicted molar refractivity (Wildman–Crippen MR) is 142 cm³/mol. The summed E-state index contributed by atoms with van der Waals surface area (Å²) >= 11 is 0. The Labute approximate surface area is 212 Å². The summed E-state index contributed by atoms with van der Waals surface area (Å²) in [5, 5.41) is 3.37. The van der Waals surface area contributed by atoms with Gasteiger partial charge in [0.05, 0.1) is 18.8 Å². The minimum atomic E-state index is 0.138. The molecule has 0 spiro atoms. The van der Waals surface area contributed by atoms with Crippen LogP contribution in [0, 0.1) is 5.92 Å². The molecular weight excluding hydrogens is 454 g/mol. The second-order valence-corrected chi connectivity index (χ2v) is 9.81. The summed E-state index contributed by atoms with van der Waals surface area (Å²) in [5.41, 5.74) is 9.67. The van der Waals surface area contributed by atoms with E-state index in [0.717, 1.165) is 74.0 Å². The maximum absolute atomic E-state index is 13.2. The van der Waals surface area contributed by atoms with Crippen LogP contribution < -0.4 is 25.4 Å². The number of rotatable bonds is 7. The monoisotopic (exact) mass is 489 g/mol. The molecule has 5 rings (SSSR count). The van der Waals surface area contributed by atoms with Crippen LogP contribution in [-0.2, 0) is 11.2 Å². The maximum Gasteiger partial charge on any atom is 0.230 e. The zero-order valence-corrected chi connectivity index (χ0v) is 21.1. The fourth-order valence-electron chi connectivity index (χ4n) is 5.03. The number of pyridine rings is 1. The van der Waals surface area contributed by atoms with E-state index >= 15 is 0 Å². The van der Waals surface area contributed by atoms with E-state index in [1.807, 2.05) is 29.3 Å². The highest BCUT2D eigenvalue weighted by Crippen LogP contribution is 2.44. The normalized spacial score (nSPS) is 20.9. The topological polar surface area (TPSA) is 102 Å². The molecule has 0 radical (unpaired) electrons. The molecule has 8 heteroatoms. The first-order valence-electron chi connectivity index (χ1n) is 12.9. The number of ether oxygens (including phenoxy) is 2. The van der Waals surface area contributed by atoms with Gasteiger partial charge in [0.25, 0.3) is 0 Å². The van der Waals surface area contributed by atoms with Crippen LogP contribution in [-0.4, -0.2) is 49.4 Å². The van der Waals surface area contributed by atoms with E-state index in [-0.39, 0.29) is 23.9 Å². The molecule has 2 aliphatic heterocycles. The van der Waals surface area contributed by atoms with Gasteiger partial charge in [-0.2, -0.15) is 4.98 Å². The number of amides is 1. The lowest BCUT2D eigenvalue weighted by Crippen LogP contribution is -2.43. The van der Waals surface area contributed by atoms with Crippen molar-refractivity contribution in [3.8, 4) is 17.5 Å². The molecule has 1 saturated heterocycles. The Morgan fingerprint density at radius 3 is 2.64 bits per heavy atom. The standard InChI is InChI=1S/C28H35N5O3/c1-18-6-9-23-24(33(18)28(34)19-7-8-19)11-10-22(20(16-29)17-31-21-12-14-30-15-13-21)27(23)36-26-5-3-4-25(32-26)35-2/h3-5,10-11,16-19,21,30H,6-9,12-15,29H2,1-2H3/t18-/m0/s1. The molecule has 36 heavy (non-hydrogen) atoms. The molecule has 1 aromatic carbocycles. The van der Waals surface area contributed by atoms with Gasteiger partial charge in [0, 0.05) is 53.2 Å². The van der Waals surface area contributed by atoms with Crippen molar-refractivity contribution in [2.45, 2.75) is 57.5 Å². The zero-order chi connectivity index (χ0) is 25.1. The molecule has 0 bridgehead atoms. The Morgan fingerprint density at radius 1 is 1.14 bits per heavy atom. The molecule has 8 nitrogen and oxygen atoms in total.